The van der Waals surface area contributed by atoms with Crippen LogP contribution in [0.3, 0.4) is 0 Å². The van der Waals surface area contributed by atoms with E-state index >= 15 is 0 Å². The molecule has 0 saturated carbocycles. The lowest BCUT2D eigenvalue weighted by Gasteiger charge is -2.23. The van der Waals surface area contributed by atoms with Crippen LogP contribution >= 0.6 is 0 Å². The number of hydrogen-bond acceptors (Lipinski definition) is 5. The van der Waals surface area contributed by atoms with E-state index < -0.39 is 28.1 Å². The van der Waals surface area contributed by atoms with Gasteiger partial charge in [0.15, 0.2) is 6.10 Å². The van der Waals surface area contributed by atoms with Crippen LogP contribution in [0.2, 0.25) is 0 Å². The van der Waals surface area contributed by atoms with Gasteiger partial charge in [-0.1, -0.05) is 48.0 Å². The zero-order chi connectivity index (χ0) is 17.7. The second-order valence-corrected chi connectivity index (χ2v) is 7.00. The minimum atomic E-state index is -3.93. The van der Waals surface area contributed by atoms with Crippen LogP contribution in [0.4, 0.5) is 0 Å². The lowest BCUT2D eigenvalue weighted by atomic mass is 10.0. The summed E-state index contributed by atoms with van der Waals surface area (Å²) >= 11 is 0. The van der Waals surface area contributed by atoms with E-state index in [4.69, 9.17) is 0 Å². The first-order valence-electron chi connectivity index (χ1n) is 7.25. The van der Waals surface area contributed by atoms with Gasteiger partial charge in [-0.2, -0.15) is 0 Å². The number of carbonyl (C=O) groups is 1. The molecule has 2 rings (SSSR count). The monoisotopic (exact) mass is 349 g/mol. The van der Waals surface area contributed by atoms with E-state index in [-0.39, 0.29) is 4.90 Å². The van der Waals surface area contributed by atoms with Gasteiger partial charge in [0.1, 0.15) is 0 Å². The zero-order valence-electron chi connectivity index (χ0n) is 13.3. The molecule has 0 bridgehead atoms. The predicted octanol–water partition coefficient (Wildman–Crippen LogP) is 1.55. The molecule has 0 spiro atoms. The standard InChI is InChI=1S/C17H19NO5S/c1-12-8-10-14(11-9-12)24(21,22)18-15(16(19)17(20)23-2)13-6-4-3-5-7-13/h3-11,15-16,18-19H,1-2H3. The molecule has 2 aromatic carbocycles. The number of nitrogens with one attached hydrogen (secondary N) is 1. The summed E-state index contributed by atoms with van der Waals surface area (Å²) in [5, 5.41) is 10.2. The highest BCUT2D eigenvalue weighted by atomic mass is 32.2. The van der Waals surface area contributed by atoms with Gasteiger partial charge < -0.3 is 9.84 Å². The molecule has 24 heavy (non-hydrogen) atoms. The first-order chi connectivity index (χ1) is 11.3. The summed E-state index contributed by atoms with van der Waals surface area (Å²) in [6.07, 6.45) is -1.67. The summed E-state index contributed by atoms with van der Waals surface area (Å²) < 4.78 is 32.0. The van der Waals surface area contributed by atoms with Crippen LogP contribution < -0.4 is 4.72 Å². The molecule has 0 aliphatic heterocycles. The Morgan fingerprint density at radius 2 is 1.67 bits per heavy atom. The highest BCUT2D eigenvalue weighted by Gasteiger charge is 2.32. The number of rotatable bonds is 6. The number of aliphatic hydroxyl groups excluding tert-OH is 1. The SMILES string of the molecule is COC(=O)C(O)C(NS(=O)(=O)c1ccc(C)cc1)c1ccccc1. The number of aliphatic hydroxyl groups is 1. The molecule has 0 fully saturated rings. The van der Waals surface area contributed by atoms with Crippen LogP contribution in [-0.2, 0) is 19.6 Å². The minimum Gasteiger partial charge on any atom is -0.467 e. The summed E-state index contributed by atoms with van der Waals surface area (Å²) in [5.74, 6) is -0.921. The molecule has 0 amide bonds. The van der Waals surface area contributed by atoms with Crippen molar-refractivity contribution < 1.29 is 23.1 Å². The summed E-state index contributed by atoms with van der Waals surface area (Å²) in [5.41, 5.74) is 1.37. The van der Waals surface area contributed by atoms with Crippen LogP contribution in [0, 0.1) is 6.92 Å². The number of carbonyl (C=O) groups excluding carboxylic acids is 1. The van der Waals surface area contributed by atoms with E-state index in [0.717, 1.165) is 12.7 Å². The second-order valence-electron chi connectivity index (χ2n) is 5.29. The van der Waals surface area contributed by atoms with Gasteiger partial charge in [-0.05, 0) is 24.6 Å². The van der Waals surface area contributed by atoms with Crippen molar-refractivity contribution in [2.75, 3.05) is 7.11 Å². The summed E-state index contributed by atoms with van der Waals surface area (Å²) in [7, 11) is -2.80. The van der Waals surface area contributed by atoms with E-state index in [0.29, 0.717) is 5.56 Å². The Balaban J connectivity index is 2.37. The van der Waals surface area contributed by atoms with Gasteiger partial charge in [-0.3, -0.25) is 0 Å². The fourth-order valence-electron chi connectivity index (χ4n) is 2.18. The molecule has 2 aromatic rings. The van der Waals surface area contributed by atoms with Gasteiger partial charge in [0, 0.05) is 0 Å². The van der Waals surface area contributed by atoms with E-state index in [1.807, 2.05) is 6.92 Å². The van der Waals surface area contributed by atoms with Crippen LogP contribution in [0.15, 0.2) is 59.5 Å². The van der Waals surface area contributed by atoms with Gasteiger partial charge in [0.05, 0.1) is 18.0 Å². The molecular weight excluding hydrogens is 330 g/mol. The highest BCUT2D eigenvalue weighted by Crippen LogP contribution is 2.21. The quantitative estimate of drug-likeness (QED) is 0.772. The molecule has 0 aliphatic rings. The largest absolute Gasteiger partial charge is 0.467 e. The summed E-state index contributed by atoms with van der Waals surface area (Å²) in [6, 6.07) is 13.5. The van der Waals surface area contributed by atoms with Crippen molar-refractivity contribution in [3.63, 3.8) is 0 Å². The van der Waals surface area contributed by atoms with Gasteiger partial charge >= 0.3 is 5.97 Å². The zero-order valence-corrected chi connectivity index (χ0v) is 14.2. The Labute approximate surface area is 141 Å². The Hall–Kier alpha value is -2.22. The molecule has 128 valence electrons. The van der Waals surface area contributed by atoms with Crippen LogP contribution in [-0.4, -0.2) is 32.7 Å². The van der Waals surface area contributed by atoms with Crippen molar-refractivity contribution in [1.82, 2.24) is 4.72 Å². The number of benzene rings is 2. The fraction of sp³-hybridized carbons (Fsp3) is 0.235. The van der Waals surface area contributed by atoms with Crippen molar-refractivity contribution in [1.29, 1.82) is 0 Å². The molecule has 0 aliphatic carbocycles. The van der Waals surface area contributed by atoms with Crippen molar-refractivity contribution in [2.45, 2.75) is 24.0 Å². The number of esters is 1. The van der Waals surface area contributed by atoms with Gasteiger partial charge in [0.25, 0.3) is 0 Å². The number of methoxy groups -OCH3 is 1. The molecule has 6 nitrogen and oxygen atoms in total. The van der Waals surface area contributed by atoms with Crippen LogP contribution in [0.1, 0.15) is 17.2 Å². The maximum absolute atomic E-state index is 12.6. The Morgan fingerprint density at radius 3 is 2.21 bits per heavy atom. The Kier molecular flexibility index (Phi) is 5.71. The average molecular weight is 349 g/mol. The molecule has 0 heterocycles. The second kappa shape index (κ2) is 7.57. The van der Waals surface area contributed by atoms with Crippen molar-refractivity contribution in [3.8, 4) is 0 Å². The average Bonchev–Trinajstić information content (AvgIpc) is 2.59. The lowest BCUT2D eigenvalue weighted by molar-refractivity contribution is -0.151. The fourth-order valence-corrected chi connectivity index (χ4v) is 3.41. The normalized spacial score (nSPS) is 14.0. The molecule has 2 N–H and O–H groups in total. The first kappa shape index (κ1) is 18.1. The molecule has 0 aromatic heterocycles. The van der Waals surface area contributed by atoms with Crippen molar-refractivity contribution >= 4 is 16.0 Å². The molecule has 0 saturated heterocycles. The van der Waals surface area contributed by atoms with Gasteiger partial charge in [-0.25, -0.2) is 17.9 Å². The number of hydrogen-bond donors (Lipinski definition) is 2. The maximum atomic E-state index is 12.6. The smallest absolute Gasteiger partial charge is 0.336 e. The predicted molar refractivity (Wildman–Crippen MR) is 88.7 cm³/mol. The van der Waals surface area contributed by atoms with Crippen LogP contribution in [0.5, 0.6) is 0 Å². The number of aryl methyl sites for hydroxylation is 1. The van der Waals surface area contributed by atoms with E-state index in [2.05, 4.69) is 9.46 Å². The number of sulfonamides is 1. The molecule has 2 unspecified atom stereocenters. The summed E-state index contributed by atoms with van der Waals surface area (Å²) in [6.45, 7) is 1.84. The van der Waals surface area contributed by atoms with E-state index in [1.54, 1.807) is 42.5 Å². The Morgan fingerprint density at radius 1 is 1.08 bits per heavy atom. The Bertz CT molecular complexity index is 787. The molecule has 7 heteroatoms. The van der Waals surface area contributed by atoms with Gasteiger partial charge in [0.2, 0.25) is 10.0 Å². The first-order valence-corrected chi connectivity index (χ1v) is 8.73. The third-order valence-corrected chi connectivity index (χ3v) is 4.99. The maximum Gasteiger partial charge on any atom is 0.336 e. The minimum absolute atomic E-state index is 0.0473. The van der Waals surface area contributed by atoms with Crippen molar-refractivity contribution in [3.05, 3.63) is 65.7 Å². The summed E-state index contributed by atoms with van der Waals surface area (Å²) in [4.78, 5) is 11.7. The van der Waals surface area contributed by atoms with E-state index in [1.165, 1.54) is 12.1 Å². The topological polar surface area (TPSA) is 92.7 Å². The molecule has 0 radical (unpaired) electrons. The van der Waals surface area contributed by atoms with Crippen molar-refractivity contribution in [2.24, 2.45) is 0 Å². The lowest BCUT2D eigenvalue weighted by Crippen LogP contribution is -2.40. The third kappa shape index (κ3) is 4.19. The highest BCUT2D eigenvalue weighted by molar-refractivity contribution is 7.89. The third-order valence-electron chi connectivity index (χ3n) is 3.53. The van der Waals surface area contributed by atoms with Gasteiger partial charge in [-0.15, -0.1) is 0 Å². The molecular formula is C17H19NO5S. The number of ether oxygens (including phenoxy) is 1. The van der Waals surface area contributed by atoms with E-state index in [9.17, 15) is 18.3 Å². The van der Waals surface area contributed by atoms with Crippen LogP contribution in [0.25, 0.3) is 0 Å². The molecule has 2 atom stereocenters.